The van der Waals surface area contributed by atoms with E-state index in [2.05, 4.69) is 25.3 Å². The Bertz CT molecular complexity index is 944. The Balaban J connectivity index is 2.00. The fourth-order valence-corrected chi connectivity index (χ4v) is 2.51. The van der Waals surface area contributed by atoms with Crippen molar-refractivity contribution in [3.63, 3.8) is 0 Å². The number of hydrogen-bond acceptors (Lipinski definition) is 6. The first-order chi connectivity index (χ1) is 12.5. The Morgan fingerprint density at radius 2 is 2.00 bits per heavy atom. The molecule has 3 aromatic heterocycles. The molecule has 0 radical (unpaired) electrons. The normalized spacial score (nSPS) is 13.4. The Labute approximate surface area is 151 Å². The highest BCUT2D eigenvalue weighted by Gasteiger charge is 2.18. The van der Waals surface area contributed by atoms with Crippen LogP contribution in [0.1, 0.15) is 30.0 Å². The van der Waals surface area contributed by atoms with Crippen LogP contribution in [-0.2, 0) is 0 Å². The zero-order chi connectivity index (χ0) is 18.7. The third-order valence-electron chi connectivity index (χ3n) is 4.35. The standard InChI is InChI=1S/C19H21N5O2/c1-11(10-25)13(3)23-19(26)17-9-21-16-8-20-7-14(18(16)24-17)15-6-4-5-12(2)22-15/h4-9,11,13,25H,10H2,1-3H3,(H,23,26). The molecule has 0 aliphatic rings. The van der Waals surface area contributed by atoms with Gasteiger partial charge in [0.05, 0.1) is 18.1 Å². The van der Waals surface area contributed by atoms with Gasteiger partial charge in [-0.15, -0.1) is 0 Å². The number of aliphatic hydroxyl groups excluding tert-OH is 1. The smallest absolute Gasteiger partial charge is 0.271 e. The maximum Gasteiger partial charge on any atom is 0.271 e. The largest absolute Gasteiger partial charge is 0.396 e. The average Bonchev–Trinajstić information content (AvgIpc) is 2.66. The monoisotopic (exact) mass is 351 g/mol. The number of aromatic nitrogens is 4. The number of hydrogen-bond donors (Lipinski definition) is 2. The lowest BCUT2D eigenvalue weighted by Crippen LogP contribution is -2.38. The molecule has 134 valence electrons. The fourth-order valence-electron chi connectivity index (χ4n) is 2.51. The molecule has 0 fully saturated rings. The van der Waals surface area contributed by atoms with Gasteiger partial charge in [0.25, 0.3) is 5.91 Å². The Morgan fingerprint density at radius 3 is 2.73 bits per heavy atom. The molecule has 3 heterocycles. The maximum atomic E-state index is 12.5. The predicted octanol–water partition coefficient (Wildman–Crippen LogP) is 2.14. The SMILES string of the molecule is Cc1cccc(-c2cncc3ncc(C(=O)NC(C)C(C)CO)nc23)n1. The molecule has 1 amide bonds. The fraction of sp³-hybridized carbons (Fsp3) is 0.316. The number of nitrogens with one attached hydrogen (secondary N) is 1. The minimum Gasteiger partial charge on any atom is -0.396 e. The van der Waals surface area contributed by atoms with Crippen molar-refractivity contribution in [1.82, 2.24) is 25.3 Å². The van der Waals surface area contributed by atoms with Gasteiger partial charge in [0.15, 0.2) is 0 Å². The van der Waals surface area contributed by atoms with Gasteiger partial charge in [-0.1, -0.05) is 13.0 Å². The molecule has 7 nitrogen and oxygen atoms in total. The third kappa shape index (κ3) is 3.67. The number of pyridine rings is 2. The van der Waals surface area contributed by atoms with Gasteiger partial charge in [-0.3, -0.25) is 19.7 Å². The van der Waals surface area contributed by atoms with E-state index in [0.717, 1.165) is 17.0 Å². The highest BCUT2D eigenvalue weighted by molar-refractivity contribution is 5.96. The van der Waals surface area contributed by atoms with E-state index < -0.39 is 0 Å². The molecular formula is C19H21N5O2. The number of carbonyl (C=O) groups is 1. The summed E-state index contributed by atoms with van der Waals surface area (Å²) in [6.45, 7) is 5.62. The first kappa shape index (κ1) is 17.9. The van der Waals surface area contributed by atoms with Crippen LogP contribution in [0, 0.1) is 12.8 Å². The topological polar surface area (TPSA) is 101 Å². The minimum atomic E-state index is -0.327. The first-order valence-corrected chi connectivity index (χ1v) is 8.46. The van der Waals surface area contributed by atoms with E-state index >= 15 is 0 Å². The van der Waals surface area contributed by atoms with Crippen LogP contribution in [0.25, 0.3) is 22.3 Å². The van der Waals surface area contributed by atoms with E-state index in [1.54, 1.807) is 12.4 Å². The lowest BCUT2D eigenvalue weighted by molar-refractivity contribution is 0.0911. The molecule has 2 unspecified atom stereocenters. The molecule has 0 spiro atoms. The summed E-state index contributed by atoms with van der Waals surface area (Å²) in [5, 5.41) is 12.1. The number of fused-ring (bicyclic) bond motifs is 1. The van der Waals surface area contributed by atoms with Gasteiger partial charge in [-0.2, -0.15) is 0 Å². The quantitative estimate of drug-likeness (QED) is 0.730. The summed E-state index contributed by atoms with van der Waals surface area (Å²) in [5.41, 5.74) is 3.73. The van der Waals surface area contributed by atoms with Crippen LogP contribution in [0.4, 0.5) is 0 Å². The lowest BCUT2D eigenvalue weighted by Gasteiger charge is -2.19. The number of nitrogens with zero attached hydrogens (tertiary/aromatic N) is 4. The van der Waals surface area contributed by atoms with Gasteiger partial charge < -0.3 is 10.4 Å². The summed E-state index contributed by atoms with van der Waals surface area (Å²) in [7, 11) is 0. The van der Waals surface area contributed by atoms with Crippen molar-refractivity contribution in [2.24, 2.45) is 5.92 Å². The summed E-state index contributed by atoms with van der Waals surface area (Å²) in [4.78, 5) is 30.0. The number of aryl methyl sites for hydroxylation is 1. The minimum absolute atomic E-state index is 0.000307. The van der Waals surface area contributed by atoms with Crippen molar-refractivity contribution >= 4 is 16.9 Å². The molecule has 0 aliphatic heterocycles. The summed E-state index contributed by atoms with van der Waals surface area (Å²) in [6.07, 6.45) is 4.72. The third-order valence-corrected chi connectivity index (χ3v) is 4.35. The molecule has 7 heteroatoms. The van der Waals surface area contributed by atoms with Crippen molar-refractivity contribution in [2.75, 3.05) is 6.61 Å². The van der Waals surface area contributed by atoms with Crippen LogP contribution >= 0.6 is 0 Å². The van der Waals surface area contributed by atoms with Crippen LogP contribution in [0.15, 0.2) is 36.8 Å². The van der Waals surface area contributed by atoms with Crippen LogP contribution in [0.5, 0.6) is 0 Å². The van der Waals surface area contributed by atoms with Crippen molar-refractivity contribution in [1.29, 1.82) is 0 Å². The second-order valence-electron chi connectivity index (χ2n) is 6.40. The summed E-state index contributed by atoms with van der Waals surface area (Å²) < 4.78 is 0. The van der Waals surface area contributed by atoms with Crippen LogP contribution in [0.3, 0.4) is 0 Å². The Hall–Kier alpha value is -2.93. The molecule has 3 aromatic rings. The predicted molar refractivity (Wildman–Crippen MR) is 98.5 cm³/mol. The van der Waals surface area contributed by atoms with E-state index in [4.69, 9.17) is 0 Å². The summed E-state index contributed by atoms with van der Waals surface area (Å²) in [6, 6.07) is 5.53. The van der Waals surface area contributed by atoms with E-state index in [-0.39, 0.29) is 30.2 Å². The zero-order valence-electron chi connectivity index (χ0n) is 15.0. The van der Waals surface area contributed by atoms with Gasteiger partial charge in [0, 0.05) is 30.1 Å². The van der Waals surface area contributed by atoms with Gasteiger partial charge in [-0.05, 0) is 31.9 Å². The molecule has 0 bridgehead atoms. The molecule has 2 atom stereocenters. The van der Waals surface area contributed by atoms with E-state index in [1.807, 2.05) is 39.0 Å². The molecule has 26 heavy (non-hydrogen) atoms. The number of aliphatic hydroxyl groups is 1. The van der Waals surface area contributed by atoms with Crippen LogP contribution in [0.2, 0.25) is 0 Å². The maximum absolute atomic E-state index is 12.5. The second-order valence-corrected chi connectivity index (χ2v) is 6.40. The molecule has 2 N–H and O–H groups in total. The van der Waals surface area contributed by atoms with E-state index in [1.165, 1.54) is 6.20 Å². The molecular weight excluding hydrogens is 330 g/mol. The number of rotatable bonds is 5. The average molecular weight is 351 g/mol. The first-order valence-electron chi connectivity index (χ1n) is 8.46. The van der Waals surface area contributed by atoms with Gasteiger partial charge in [-0.25, -0.2) is 4.98 Å². The zero-order valence-corrected chi connectivity index (χ0v) is 15.0. The molecule has 0 saturated carbocycles. The lowest BCUT2D eigenvalue weighted by atomic mass is 10.1. The van der Waals surface area contributed by atoms with Gasteiger partial charge in [0.2, 0.25) is 0 Å². The summed E-state index contributed by atoms with van der Waals surface area (Å²) >= 11 is 0. The van der Waals surface area contributed by atoms with Crippen molar-refractivity contribution < 1.29 is 9.90 Å². The molecule has 3 rings (SSSR count). The van der Waals surface area contributed by atoms with E-state index in [9.17, 15) is 9.90 Å². The van der Waals surface area contributed by atoms with Crippen molar-refractivity contribution in [3.8, 4) is 11.3 Å². The highest BCUT2D eigenvalue weighted by atomic mass is 16.3. The second kappa shape index (κ2) is 7.53. The van der Waals surface area contributed by atoms with E-state index in [0.29, 0.717) is 11.0 Å². The van der Waals surface area contributed by atoms with Crippen LogP contribution < -0.4 is 5.32 Å². The van der Waals surface area contributed by atoms with Gasteiger partial charge in [0.1, 0.15) is 16.7 Å². The van der Waals surface area contributed by atoms with Crippen LogP contribution in [-0.4, -0.2) is 43.6 Å². The molecule has 0 aromatic carbocycles. The molecule has 0 aliphatic carbocycles. The van der Waals surface area contributed by atoms with Gasteiger partial charge >= 0.3 is 0 Å². The number of amides is 1. The Kier molecular flexibility index (Phi) is 5.18. The molecule has 0 saturated heterocycles. The highest BCUT2D eigenvalue weighted by Crippen LogP contribution is 2.24. The Morgan fingerprint density at radius 1 is 1.19 bits per heavy atom. The van der Waals surface area contributed by atoms with Crippen molar-refractivity contribution in [3.05, 3.63) is 48.2 Å². The summed E-state index contributed by atoms with van der Waals surface area (Å²) in [5.74, 6) is -0.379. The number of carbonyl (C=O) groups excluding carboxylic acids is 1. The van der Waals surface area contributed by atoms with Crippen molar-refractivity contribution in [2.45, 2.75) is 26.8 Å².